The molecule has 4 rings (SSSR count). The quantitative estimate of drug-likeness (QED) is 0.813. The number of amides is 1. The van der Waals surface area contributed by atoms with Gasteiger partial charge < -0.3 is 4.90 Å². The van der Waals surface area contributed by atoms with Crippen molar-refractivity contribution in [3.63, 3.8) is 0 Å². The van der Waals surface area contributed by atoms with Crippen LogP contribution in [0.2, 0.25) is 0 Å². The van der Waals surface area contributed by atoms with E-state index in [1.165, 1.54) is 19.2 Å². The maximum atomic E-state index is 13.0. The van der Waals surface area contributed by atoms with Crippen LogP contribution in [-0.4, -0.2) is 37.7 Å². The highest BCUT2D eigenvalue weighted by atomic mass is 16.2. The fourth-order valence-electron chi connectivity index (χ4n) is 3.46. The van der Waals surface area contributed by atoms with Crippen LogP contribution in [0.4, 0.5) is 0 Å². The van der Waals surface area contributed by atoms with Gasteiger partial charge in [0.2, 0.25) is 5.91 Å². The molecule has 2 aromatic rings. The van der Waals surface area contributed by atoms with Gasteiger partial charge in [-0.1, -0.05) is 12.1 Å². The van der Waals surface area contributed by atoms with Crippen LogP contribution in [-0.2, 0) is 11.3 Å². The number of nitriles is 1. The molecule has 1 unspecified atom stereocenters. The van der Waals surface area contributed by atoms with E-state index in [2.05, 4.69) is 28.0 Å². The van der Waals surface area contributed by atoms with Crippen LogP contribution in [0.25, 0.3) is 11.4 Å². The zero-order chi connectivity index (χ0) is 17.4. The molecule has 128 valence electrons. The summed E-state index contributed by atoms with van der Waals surface area (Å²) in [7, 11) is 0. The van der Waals surface area contributed by atoms with E-state index < -0.39 is 0 Å². The van der Waals surface area contributed by atoms with Crippen molar-refractivity contribution in [1.29, 1.82) is 5.26 Å². The lowest BCUT2D eigenvalue weighted by Crippen LogP contribution is -2.43. The third-order valence-corrected chi connectivity index (χ3v) is 5.12. The van der Waals surface area contributed by atoms with Gasteiger partial charge in [0.25, 0.3) is 0 Å². The van der Waals surface area contributed by atoms with Gasteiger partial charge in [0.05, 0.1) is 11.6 Å². The number of aromatic nitrogens is 3. The van der Waals surface area contributed by atoms with Gasteiger partial charge in [-0.3, -0.25) is 4.79 Å². The van der Waals surface area contributed by atoms with Crippen LogP contribution in [0.15, 0.2) is 30.6 Å². The number of carbonyl (C=O) groups excluding carboxylic acids is 1. The van der Waals surface area contributed by atoms with Crippen molar-refractivity contribution in [3.05, 3.63) is 36.2 Å². The Kier molecular flexibility index (Phi) is 4.00. The Morgan fingerprint density at radius 3 is 2.88 bits per heavy atom. The molecule has 1 heterocycles. The fourth-order valence-corrected chi connectivity index (χ4v) is 3.46. The van der Waals surface area contributed by atoms with Crippen molar-refractivity contribution in [2.75, 3.05) is 0 Å². The minimum Gasteiger partial charge on any atom is -0.335 e. The Morgan fingerprint density at radius 1 is 1.40 bits per heavy atom. The lowest BCUT2D eigenvalue weighted by atomic mass is 10.1. The lowest BCUT2D eigenvalue weighted by molar-refractivity contribution is -0.135. The monoisotopic (exact) mass is 335 g/mol. The number of rotatable bonds is 6. The molecule has 0 N–H and O–H groups in total. The minimum absolute atomic E-state index is 0.116. The van der Waals surface area contributed by atoms with Crippen LogP contribution in [0.1, 0.15) is 38.2 Å². The third-order valence-electron chi connectivity index (χ3n) is 5.12. The van der Waals surface area contributed by atoms with E-state index in [4.69, 9.17) is 5.26 Å². The normalized spacial score (nSPS) is 17.8. The van der Waals surface area contributed by atoms with Crippen LogP contribution in [0.3, 0.4) is 0 Å². The highest BCUT2D eigenvalue weighted by molar-refractivity contribution is 5.77. The first-order chi connectivity index (χ1) is 12.2. The van der Waals surface area contributed by atoms with Crippen LogP contribution in [0, 0.1) is 17.2 Å². The van der Waals surface area contributed by atoms with Crippen molar-refractivity contribution in [2.24, 2.45) is 5.92 Å². The molecule has 25 heavy (non-hydrogen) atoms. The molecule has 0 aliphatic heterocycles. The Morgan fingerprint density at radius 2 is 2.20 bits per heavy atom. The molecule has 2 fully saturated rings. The molecular weight excluding hydrogens is 314 g/mol. The maximum absolute atomic E-state index is 13.0. The maximum Gasteiger partial charge on any atom is 0.244 e. The number of nitrogens with zero attached hydrogens (tertiary/aromatic N) is 5. The van der Waals surface area contributed by atoms with E-state index >= 15 is 0 Å². The summed E-state index contributed by atoms with van der Waals surface area (Å²) in [5.74, 6) is 1.40. The van der Waals surface area contributed by atoms with E-state index in [1.807, 2.05) is 12.1 Å². The van der Waals surface area contributed by atoms with Crippen molar-refractivity contribution in [3.8, 4) is 17.5 Å². The van der Waals surface area contributed by atoms with E-state index in [0.717, 1.165) is 18.4 Å². The topological polar surface area (TPSA) is 74.8 Å². The van der Waals surface area contributed by atoms with Crippen LogP contribution < -0.4 is 0 Å². The van der Waals surface area contributed by atoms with Gasteiger partial charge in [-0.15, -0.1) is 0 Å². The van der Waals surface area contributed by atoms with E-state index in [-0.39, 0.29) is 12.5 Å². The molecular formula is C19H21N5O. The predicted octanol–water partition coefficient (Wildman–Crippen LogP) is 2.61. The molecule has 0 spiro atoms. The summed E-state index contributed by atoms with van der Waals surface area (Å²) in [5, 5.41) is 13.3. The summed E-state index contributed by atoms with van der Waals surface area (Å²) in [6.07, 6.45) is 6.14. The Bertz CT molecular complexity index is 828. The molecule has 0 bridgehead atoms. The Balaban J connectivity index is 1.55. The minimum atomic E-state index is 0.116. The first-order valence-corrected chi connectivity index (χ1v) is 8.87. The van der Waals surface area contributed by atoms with Crippen molar-refractivity contribution in [2.45, 2.75) is 51.2 Å². The predicted molar refractivity (Wildman–Crippen MR) is 92.2 cm³/mol. The summed E-state index contributed by atoms with van der Waals surface area (Å²) >= 11 is 0. The van der Waals surface area contributed by atoms with E-state index in [0.29, 0.717) is 29.4 Å². The van der Waals surface area contributed by atoms with Crippen molar-refractivity contribution >= 4 is 5.91 Å². The first-order valence-electron chi connectivity index (χ1n) is 8.87. The van der Waals surface area contributed by atoms with Gasteiger partial charge in [-0.2, -0.15) is 10.4 Å². The summed E-state index contributed by atoms with van der Waals surface area (Å²) in [6.45, 7) is 2.37. The van der Waals surface area contributed by atoms with Crippen molar-refractivity contribution in [1.82, 2.24) is 19.7 Å². The summed E-state index contributed by atoms with van der Waals surface area (Å²) in [4.78, 5) is 19.3. The van der Waals surface area contributed by atoms with Gasteiger partial charge in [-0.05, 0) is 50.7 Å². The Labute approximate surface area is 147 Å². The molecule has 2 aliphatic carbocycles. The van der Waals surface area contributed by atoms with Gasteiger partial charge in [0.1, 0.15) is 12.9 Å². The SMILES string of the molecule is CC(C1CC1)N(C(=O)Cn1ncnc1-c1cccc(C#N)c1)C1CC1. The highest BCUT2D eigenvalue weighted by Gasteiger charge is 2.41. The van der Waals surface area contributed by atoms with Gasteiger partial charge in [0.15, 0.2) is 5.82 Å². The average molecular weight is 335 g/mol. The molecule has 0 radical (unpaired) electrons. The summed E-state index contributed by atoms with van der Waals surface area (Å²) < 4.78 is 1.65. The second kappa shape index (κ2) is 6.32. The zero-order valence-electron chi connectivity index (χ0n) is 14.3. The standard InChI is InChI=1S/C19H21N5O/c1-13(15-5-6-15)24(17-7-8-17)18(25)11-23-19(21-12-22-23)16-4-2-3-14(9-16)10-20/h2-4,9,12-13,15,17H,5-8,11H2,1H3. The molecule has 6 heteroatoms. The van der Waals surface area contributed by atoms with Gasteiger partial charge in [0, 0.05) is 17.6 Å². The smallest absolute Gasteiger partial charge is 0.244 e. The largest absolute Gasteiger partial charge is 0.335 e. The highest BCUT2D eigenvalue weighted by Crippen LogP contribution is 2.39. The summed E-state index contributed by atoms with van der Waals surface area (Å²) in [5.41, 5.74) is 1.37. The Hall–Kier alpha value is -2.68. The van der Waals surface area contributed by atoms with Crippen molar-refractivity contribution < 1.29 is 4.79 Å². The molecule has 1 aromatic heterocycles. The van der Waals surface area contributed by atoms with Gasteiger partial charge in [-0.25, -0.2) is 9.67 Å². The van der Waals surface area contributed by atoms with Crippen LogP contribution in [0.5, 0.6) is 0 Å². The van der Waals surface area contributed by atoms with E-state index in [9.17, 15) is 4.79 Å². The molecule has 6 nitrogen and oxygen atoms in total. The molecule has 2 aliphatic rings. The lowest BCUT2D eigenvalue weighted by Gasteiger charge is -2.29. The van der Waals surface area contributed by atoms with Gasteiger partial charge >= 0.3 is 0 Å². The second-order valence-corrected chi connectivity index (χ2v) is 7.04. The van der Waals surface area contributed by atoms with Crippen LogP contribution >= 0.6 is 0 Å². The molecule has 1 aromatic carbocycles. The number of hydrogen-bond acceptors (Lipinski definition) is 4. The molecule has 1 atom stereocenters. The molecule has 2 saturated carbocycles. The molecule has 1 amide bonds. The third kappa shape index (κ3) is 3.27. The van der Waals surface area contributed by atoms with E-state index in [1.54, 1.807) is 16.8 Å². The average Bonchev–Trinajstić information content (AvgIpc) is 3.54. The fraction of sp³-hybridized carbons (Fsp3) is 0.474. The number of hydrogen-bond donors (Lipinski definition) is 0. The second-order valence-electron chi connectivity index (χ2n) is 7.04. The number of carbonyl (C=O) groups is 1. The number of benzene rings is 1. The molecule has 0 saturated heterocycles. The first kappa shape index (κ1) is 15.8. The summed E-state index contributed by atoms with van der Waals surface area (Å²) in [6, 6.07) is 10.1. The zero-order valence-corrected chi connectivity index (χ0v) is 14.3.